The van der Waals surface area contributed by atoms with Crippen LogP contribution in [0.1, 0.15) is 0 Å². The SMILES string of the molecule is CN1c2nc(N)nc(n2)Nc2nc3nc(n2)N(c2nc(N)nc(n2)Nc2nc(N)nc(n2)N3c2nc(N)nc(N)n2)c2nc(N)nc1n2. The van der Waals surface area contributed by atoms with Gasteiger partial charge in [0.05, 0.1) is 0 Å². The van der Waals surface area contributed by atoms with Gasteiger partial charge in [0.25, 0.3) is 0 Å². The van der Waals surface area contributed by atoms with Crippen LogP contribution >= 0.6 is 0 Å². The topological polar surface area (TPSA) is 422 Å². The lowest BCUT2D eigenvalue weighted by atomic mass is 10.5. The summed E-state index contributed by atoms with van der Waals surface area (Å²) in [6.45, 7) is 0. The molecule has 11 bridgehead atoms. The van der Waals surface area contributed by atoms with Gasteiger partial charge in [-0.3, -0.25) is 15.5 Å². The third-order valence-electron chi connectivity index (χ3n) is 6.07. The quantitative estimate of drug-likeness (QED) is 0.0882. The number of nitrogens with zero attached hydrogens (tertiary/aromatic N) is 21. The van der Waals surface area contributed by atoms with Gasteiger partial charge in [0.2, 0.25) is 107 Å². The zero-order valence-electron chi connectivity index (χ0n) is 23.9. The van der Waals surface area contributed by atoms with Crippen molar-refractivity contribution in [3.05, 3.63) is 0 Å². The van der Waals surface area contributed by atoms with Gasteiger partial charge in [-0.05, 0) is 0 Å². The summed E-state index contributed by atoms with van der Waals surface area (Å²) in [7, 11) is 1.56. The maximum absolute atomic E-state index is 6.15. The van der Waals surface area contributed by atoms with E-state index in [2.05, 4.69) is 100 Å². The Morgan fingerprint density at radius 1 is 0.312 bits per heavy atom. The predicted molar refractivity (Wildman–Crippen MR) is 164 cm³/mol. The second kappa shape index (κ2) is 9.94. The number of nitrogens with two attached hydrogens (primary N) is 6. The summed E-state index contributed by atoms with van der Waals surface area (Å²) in [6, 6.07) is 0. The van der Waals surface area contributed by atoms with E-state index in [1.165, 1.54) is 9.80 Å². The van der Waals surface area contributed by atoms with E-state index in [0.717, 1.165) is 4.90 Å². The first-order chi connectivity index (χ1) is 23.0. The predicted octanol–water partition coefficient (Wildman–Crippen LogP) is -2.89. The number of nitrogen functional groups attached to an aromatic ring is 6. The third kappa shape index (κ3) is 4.77. The van der Waals surface area contributed by atoms with Crippen molar-refractivity contribution >= 4 is 107 Å². The molecule has 29 nitrogen and oxygen atoms in total. The highest BCUT2D eigenvalue weighted by molar-refractivity contribution is 5.72. The molecule has 14 N–H and O–H groups in total. The molecule has 0 aromatic carbocycles. The Bertz CT molecular complexity index is 2250. The molecule has 0 aliphatic carbocycles. The molecule has 0 saturated heterocycles. The lowest BCUT2D eigenvalue weighted by Crippen LogP contribution is -2.27. The summed E-state index contributed by atoms with van der Waals surface area (Å²) < 4.78 is 0. The average molecular weight is 652 g/mol. The highest BCUT2D eigenvalue weighted by atomic mass is 15.5. The zero-order chi connectivity index (χ0) is 33.3. The molecule has 2 aliphatic rings. The Morgan fingerprint density at radius 3 is 1.02 bits per heavy atom. The third-order valence-corrected chi connectivity index (χ3v) is 6.07. The van der Waals surface area contributed by atoms with E-state index in [0.29, 0.717) is 0 Å². The van der Waals surface area contributed by atoms with Gasteiger partial charge in [0.15, 0.2) is 0 Å². The Morgan fingerprint density at radius 2 is 0.562 bits per heavy atom. The maximum atomic E-state index is 6.15. The Kier molecular flexibility index (Phi) is 5.68. The largest absolute Gasteiger partial charge is 0.368 e. The Labute approximate surface area is 263 Å². The van der Waals surface area contributed by atoms with Crippen LogP contribution in [0.4, 0.5) is 107 Å². The molecule has 0 spiro atoms. The molecule has 6 aromatic heterocycles. The molecule has 8 heterocycles. The lowest BCUT2D eigenvalue weighted by molar-refractivity contribution is 0.871. The molecular weight excluding hydrogens is 634 g/mol. The van der Waals surface area contributed by atoms with Crippen molar-refractivity contribution in [2.24, 2.45) is 0 Å². The molecule has 0 amide bonds. The van der Waals surface area contributed by atoms with Crippen LogP contribution in [0.5, 0.6) is 0 Å². The van der Waals surface area contributed by atoms with Gasteiger partial charge >= 0.3 is 0 Å². The molecule has 0 fully saturated rings. The van der Waals surface area contributed by atoms with Crippen LogP contribution in [0.2, 0.25) is 0 Å². The highest BCUT2D eigenvalue weighted by Gasteiger charge is 2.32. The van der Waals surface area contributed by atoms with Crippen molar-refractivity contribution in [1.29, 1.82) is 0 Å². The summed E-state index contributed by atoms with van der Waals surface area (Å²) >= 11 is 0. The van der Waals surface area contributed by atoms with Crippen molar-refractivity contribution in [2.45, 2.75) is 0 Å². The normalized spacial score (nSPS) is 13.0. The van der Waals surface area contributed by atoms with Crippen LogP contribution in [0.3, 0.4) is 0 Å². The molecular formula is C19H17N29. The highest BCUT2D eigenvalue weighted by Crippen LogP contribution is 2.36. The van der Waals surface area contributed by atoms with E-state index in [4.69, 9.17) is 34.4 Å². The molecule has 6 aromatic rings. The van der Waals surface area contributed by atoms with Gasteiger partial charge < -0.3 is 34.4 Å². The van der Waals surface area contributed by atoms with Crippen molar-refractivity contribution < 1.29 is 0 Å². The summed E-state index contributed by atoms with van der Waals surface area (Å²) in [5.41, 5.74) is 36.2. The molecule has 238 valence electrons. The summed E-state index contributed by atoms with van der Waals surface area (Å²) in [4.78, 5) is 80.9. The van der Waals surface area contributed by atoms with Crippen molar-refractivity contribution in [3.8, 4) is 0 Å². The number of fused-ring (bicyclic) bond motifs is 12. The van der Waals surface area contributed by atoms with Gasteiger partial charge in [-0.25, -0.2) is 9.80 Å². The molecule has 29 heteroatoms. The zero-order valence-corrected chi connectivity index (χ0v) is 23.9. The average Bonchev–Trinajstić information content (AvgIpc) is 2.98. The van der Waals surface area contributed by atoms with Crippen LogP contribution < -0.4 is 59.7 Å². The molecule has 2 aliphatic heterocycles. The first-order valence-electron chi connectivity index (χ1n) is 13.0. The summed E-state index contributed by atoms with van der Waals surface area (Å²) in [6.07, 6.45) is 0. The Balaban J connectivity index is 1.50. The maximum Gasteiger partial charge on any atom is 0.246 e. The molecule has 0 radical (unpaired) electrons. The first-order valence-corrected chi connectivity index (χ1v) is 13.0. The first kappa shape index (κ1) is 27.4. The van der Waals surface area contributed by atoms with Crippen LogP contribution in [0, 0.1) is 0 Å². The van der Waals surface area contributed by atoms with Crippen LogP contribution in [-0.4, -0.2) is 96.8 Å². The minimum absolute atomic E-state index is 0.0134. The van der Waals surface area contributed by atoms with Crippen molar-refractivity contribution in [2.75, 3.05) is 66.8 Å². The second-order valence-electron chi connectivity index (χ2n) is 9.34. The Hall–Kier alpha value is -8.14. The fourth-order valence-corrected chi connectivity index (χ4v) is 4.21. The summed E-state index contributed by atoms with van der Waals surface area (Å²) in [5, 5.41) is 5.69. The summed E-state index contributed by atoms with van der Waals surface area (Å²) in [5.74, 6) is -3.39. The van der Waals surface area contributed by atoms with Gasteiger partial charge in [-0.1, -0.05) is 0 Å². The lowest BCUT2D eigenvalue weighted by Gasteiger charge is -2.25. The van der Waals surface area contributed by atoms with E-state index in [-0.39, 0.29) is 107 Å². The molecule has 48 heavy (non-hydrogen) atoms. The number of hydrogen-bond donors (Lipinski definition) is 8. The molecule has 0 atom stereocenters. The smallest absolute Gasteiger partial charge is 0.246 e. The molecule has 8 rings (SSSR count). The number of hydrogen-bond acceptors (Lipinski definition) is 29. The molecule has 0 unspecified atom stereocenters. The van der Waals surface area contributed by atoms with Gasteiger partial charge in [0, 0.05) is 7.05 Å². The standard InChI is InChI=1S/C19H17N29/c1-46-12-30-4(22)27-8(39-12)38-11-42-18-45-19(43-11)48(17-36-7(25)31-13(46)44-17)16-35-6(24)29-10(41-16)37-9-28-5(23)34-15(40-9)47(18)14-32-2(20)26-3(21)33-14/h1H3,(H2,25,31,36,44)(H4,20,21,26,32,33)(H3,22,27,30,38,39,42,43,45)(H5,23,24,28,29,34,35,37,40,41). The van der Waals surface area contributed by atoms with Gasteiger partial charge in [-0.2, -0.15) is 89.7 Å². The van der Waals surface area contributed by atoms with Crippen molar-refractivity contribution in [3.63, 3.8) is 0 Å². The number of nitrogens with one attached hydrogen (secondary N) is 2. The monoisotopic (exact) mass is 651 g/mol. The number of aromatic nitrogens is 18. The van der Waals surface area contributed by atoms with E-state index in [1.807, 2.05) is 0 Å². The number of rotatable bonds is 1. The fourth-order valence-electron chi connectivity index (χ4n) is 4.21. The van der Waals surface area contributed by atoms with Crippen LogP contribution in [0.25, 0.3) is 0 Å². The number of anilines is 18. The second-order valence-corrected chi connectivity index (χ2v) is 9.34. The van der Waals surface area contributed by atoms with Crippen LogP contribution in [-0.2, 0) is 0 Å². The van der Waals surface area contributed by atoms with E-state index in [1.54, 1.807) is 7.05 Å². The van der Waals surface area contributed by atoms with Gasteiger partial charge in [-0.15, -0.1) is 0 Å². The van der Waals surface area contributed by atoms with Gasteiger partial charge in [0.1, 0.15) is 0 Å². The van der Waals surface area contributed by atoms with E-state index >= 15 is 0 Å². The fraction of sp³-hybridized carbons (Fsp3) is 0.0526. The van der Waals surface area contributed by atoms with Crippen LogP contribution in [0.15, 0.2) is 0 Å². The molecule has 0 saturated carbocycles. The minimum atomic E-state index is -0.268. The van der Waals surface area contributed by atoms with E-state index in [9.17, 15) is 0 Å². The van der Waals surface area contributed by atoms with E-state index < -0.39 is 0 Å². The van der Waals surface area contributed by atoms with Crippen molar-refractivity contribution in [1.82, 2.24) is 89.7 Å². The minimum Gasteiger partial charge on any atom is -0.368 e.